The van der Waals surface area contributed by atoms with Gasteiger partial charge in [0.15, 0.2) is 0 Å². The first-order valence-electron chi connectivity index (χ1n) is 8.86. The van der Waals surface area contributed by atoms with Crippen molar-refractivity contribution < 1.29 is 10.2 Å². The standard InChI is InChI=1S/C19H32O2/c1-13-4-5-14-10-15(6-8-18(13,14)2)19(3)9-7-17(21)11-16(19)12-20/h4,14-17,20-21H,5-12H2,1-3H3. The third-order valence-corrected chi connectivity index (χ3v) is 7.75. The van der Waals surface area contributed by atoms with Crippen LogP contribution in [-0.2, 0) is 0 Å². The molecule has 3 aliphatic carbocycles. The number of rotatable bonds is 2. The Morgan fingerprint density at radius 3 is 2.62 bits per heavy atom. The van der Waals surface area contributed by atoms with Gasteiger partial charge in [-0.1, -0.05) is 25.5 Å². The van der Waals surface area contributed by atoms with Gasteiger partial charge in [-0.2, -0.15) is 0 Å². The lowest BCUT2D eigenvalue weighted by Crippen LogP contribution is -2.47. The molecule has 0 amide bonds. The molecule has 3 rings (SSSR count). The molecule has 0 aliphatic heterocycles. The highest BCUT2D eigenvalue weighted by Gasteiger charge is 2.51. The largest absolute Gasteiger partial charge is 0.396 e. The molecule has 0 bridgehead atoms. The van der Waals surface area contributed by atoms with Gasteiger partial charge in [-0.15, -0.1) is 0 Å². The first-order chi connectivity index (χ1) is 9.90. The summed E-state index contributed by atoms with van der Waals surface area (Å²) in [6.45, 7) is 7.41. The molecule has 0 saturated heterocycles. The maximum atomic E-state index is 9.95. The van der Waals surface area contributed by atoms with Crippen molar-refractivity contribution >= 4 is 0 Å². The molecule has 2 fully saturated rings. The van der Waals surface area contributed by atoms with Gasteiger partial charge < -0.3 is 10.2 Å². The van der Waals surface area contributed by atoms with Gasteiger partial charge in [-0.3, -0.25) is 0 Å². The molecule has 0 aromatic heterocycles. The maximum Gasteiger partial charge on any atom is 0.0544 e. The molecule has 0 radical (unpaired) electrons. The summed E-state index contributed by atoms with van der Waals surface area (Å²) < 4.78 is 0. The predicted octanol–water partition coefficient (Wildman–Crippen LogP) is 3.92. The van der Waals surface area contributed by atoms with E-state index in [2.05, 4.69) is 26.8 Å². The minimum atomic E-state index is -0.195. The number of hydrogen-bond donors (Lipinski definition) is 2. The normalized spacial score (nSPS) is 50.6. The van der Waals surface area contributed by atoms with Crippen LogP contribution in [-0.4, -0.2) is 22.9 Å². The van der Waals surface area contributed by atoms with Crippen LogP contribution in [0, 0.1) is 28.6 Å². The predicted molar refractivity (Wildman–Crippen MR) is 85.9 cm³/mol. The van der Waals surface area contributed by atoms with Crippen LogP contribution in [0.3, 0.4) is 0 Å². The fraction of sp³-hybridized carbons (Fsp3) is 0.895. The Morgan fingerprint density at radius 1 is 1.14 bits per heavy atom. The molecule has 3 aliphatic rings. The quantitative estimate of drug-likeness (QED) is 0.757. The highest BCUT2D eigenvalue weighted by atomic mass is 16.3. The van der Waals surface area contributed by atoms with Gasteiger partial charge in [0.2, 0.25) is 0 Å². The van der Waals surface area contributed by atoms with Crippen molar-refractivity contribution in [3.8, 4) is 0 Å². The minimum Gasteiger partial charge on any atom is -0.396 e. The summed E-state index contributed by atoms with van der Waals surface area (Å²) in [5.74, 6) is 1.81. The summed E-state index contributed by atoms with van der Waals surface area (Å²) in [6.07, 6.45) is 10.2. The summed E-state index contributed by atoms with van der Waals surface area (Å²) in [6, 6.07) is 0. The van der Waals surface area contributed by atoms with Crippen molar-refractivity contribution in [2.45, 2.75) is 71.8 Å². The SMILES string of the molecule is CC1=CCC2CC(C3(C)CCC(O)CC3CO)CCC12C. The molecular formula is C19H32O2. The molecule has 120 valence electrons. The lowest BCUT2D eigenvalue weighted by atomic mass is 9.53. The Morgan fingerprint density at radius 2 is 1.90 bits per heavy atom. The molecule has 0 spiro atoms. The van der Waals surface area contributed by atoms with Gasteiger partial charge >= 0.3 is 0 Å². The highest BCUT2D eigenvalue weighted by Crippen LogP contribution is 2.59. The molecule has 2 N–H and O–H groups in total. The topological polar surface area (TPSA) is 40.5 Å². The lowest BCUT2D eigenvalue weighted by Gasteiger charge is -2.53. The number of hydrogen-bond acceptors (Lipinski definition) is 2. The second-order valence-corrected chi connectivity index (χ2v) is 8.52. The van der Waals surface area contributed by atoms with E-state index in [4.69, 9.17) is 0 Å². The first kappa shape index (κ1) is 15.6. The fourth-order valence-corrected chi connectivity index (χ4v) is 5.64. The third-order valence-electron chi connectivity index (χ3n) is 7.75. The summed E-state index contributed by atoms with van der Waals surface area (Å²) >= 11 is 0. The van der Waals surface area contributed by atoms with Gasteiger partial charge in [0.1, 0.15) is 0 Å². The molecule has 2 heteroatoms. The van der Waals surface area contributed by atoms with Gasteiger partial charge in [-0.05, 0) is 80.5 Å². The molecule has 21 heavy (non-hydrogen) atoms. The van der Waals surface area contributed by atoms with E-state index in [9.17, 15) is 10.2 Å². The van der Waals surface area contributed by atoms with Gasteiger partial charge in [0.25, 0.3) is 0 Å². The summed E-state index contributed by atoms with van der Waals surface area (Å²) in [4.78, 5) is 0. The first-order valence-corrected chi connectivity index (χ1v) is 8.86. The van der Waals surface area contributed by atoms with Crippen LogP contribution in [0.5, 0.6) is 0 Å². The second kappa shape index (κ2) is 5.38. The highest BCUT2D eigenvalue weighted by molar-refractivity contribution is 5.21. The summed E-state index contributed by atoms with van der Waals surface area (Å²) in [7, 11) is 0. The third kappa shape index (κ3) is 2.39. The van der Waals surface area contributed by atoms with Gasteiger partial charge in [0.05, 0.1) is 6.10 Å². The monoisotopic (exact) mass is 292 g/mol. The smallest absolute Gasteiger partial charge is 0.0544 e. The second-order valence-electron chi connectivity index (χ2n) is 8.52. The molecule has 0 aromatic rings. The van der Waals surface area contributed by atoms with E-state index in [1.807, 2.05) is 0 Å². The van der Waals surface area contributed by atoms with Crippen LogP contribution in [0.25, 0.3) is 0 Å². The van der Waals surface area contributed by atoms with E-state index in [1.54, 1.807) is 5.57 Å². The fourth-order valence-electron chi connectivity index (χ4n) is 5.64. The van der Waals surface area contributed by atoms with Crippen LogP contribution in [0.15, 0.2) is 11.6 Å². The molecule has 0 heterocycles. The Hall–Kier alpha value is -0.340. The summed E-state index contributed by atoms with van der Waals surface area (Å²) in [5, 5.41) is 19.8. The Labute approximate surface area is 129 Å². The van der Waals surface area contributed by atoms with Crippen LogP contribution in [0.4, 0.5) is 0 Å². The van der Waals surface area contributed by atoms with E-state index >= 15 is 0 Å². The molecule has 2 saturated carbocycles. The van der Waals surface area contributed by atoms with Crippen LogP contribution in [0.1, 0.15) is 65.7 Å². The van der Waals surface area contributed by atoms with Crippen molar-refractivity contribution in [2.75, 3.05) is 6.61 Å². The Balaban J connectivity index is 1.76. The zero-order valence-electron chi connectivity index (χ0n) is 13.9. The Kier molecular flexibility index (Phi) is 3.99. The Bertz CT molecular complexity index is 429. The number of aliphatic hydroxyl groups is 2. The van der Waals surface area contributed by atoms with Crippen molar-refractivity contribution in [1.82, 2.24) is 0 Å². The van der Waals surface area contributed by atoms with E-state index < -0.39 is 0 Å². The zero-order chi connectivity index (χ0) is 15.3. The van der Waals surface area contributed by atoms with Crippen LogP contribution in [0.2, 0.25) is 0 Å². The summed E-state index contributed by atoms with van der Waals surface area (Å²) in [5.41, 5.74) is 2.27. The molecule has 0 aromatic carbocycles. The molecular weight excluding hydrogens is 260 g/mol. The average Bonchev–Trinajstić information content (AvgIpc) is 2.77. The zero-order valence-corrected chi connectivity index (χ0v) is 13.9. The van der Waals surface area contributed by atoms with Crippen molar-refractivity contribution in [2.24, 2.45) is 28.6 Å². The van der Waals surface area contributed by atoms with Crippen molar-refractivity contribution in [1.29, 1.82) is 0 Å². The van der Waals surface area contributed by atoms with E-state index in [1.165, 1.54) is 25.7 Å². The molecule has 6 atom stereocenters. The number of fused-ring (bicyclic) bond motifs is 1. The lowest BCUT2D eigenvalue weighted by molar-refractivity contribution is -0.0669. The maximum absolute atomic E-state index is 9.95. The van der Waals surface area contributed by atoms with Crippen molar-refractivity contribution in [3.63, 3.8) is 0 Å². The van der Waals surface area contributed by atoms with E-state index in [0.29, 0.717) is 5.41 Å². The average molecular weight is 292 g/mol. The van der Waals surface area contributed by atoms with Crippen LogP contribution < -0.4 is 0 Å². The molecule has 2 nitrogen and oxygen atoms in total. The van der Waals surface area contributed by atoms with Gasteiger partial charge in [0, 0.05) is 6.61 Å². The van der Waals surface area contributed by atoms with Crippen LogP contribution >= 0.6 is 0 Å². The minimum absolute atomic E-state index is 0.195. The van der Waals surface area contributed by atoms with E-state index in [-0.39, 0.29) is 24.0 Å². The van der Waals surface area contributed by atoms with Gasteiger partial charge in [-0.25, -0.2) is 0 Å². The van der Waals surface area contributed by atoms with E-state index in [0.717, 1.165) is 31.1 Å². The number of aliphatic hydroxyl groups excluding tert-OH is 2. The number of allylic oxidation sites excluding steroid dienone is 2. The molecule has 6 unspecified atom stereocenters. The van der Waals surface area contributed by atoms with Crippen molar-refractivity contribution in [3.05, 3.63) is 11.6 Å².